The van der Waals surface area contributed by atoms with Gasteiger partial charge in [-0.15, -0.1) is 0 Å². The van der Waals surface area contributed by atoms with Crippen LogP contribution in [-0.2, 0) is 6.54 Å². The molecule has 1 aromatic heterocycles. The van der Waals surface area contributed by atoms with Gasteiger partial charge in [0.25, 0.3) is 11.5 Å². The van der Waals surface area contributed by atoms with E-state index in [1.165, 1.54) is 10.7 Å². The zero-order valence-electron chi connectivity index (χ0n) is 16.0. The zero-order chi connectivity index (χ0) is 22.0. The predicted molar refractivity (Wildman–Crippen MR) is 113 cm³/mol. The van der Waals surface area contributed by atoms with E-state index in [1.54, 1.807) is 24.3 Å². The summed E-state index contributed by atoms with van der Waals surface area (Å²) in [6, 6.07) is 18.8. The second kappa shape index (κ2) is 8.15. The first-order valence-corrected chi connectivity index (χ1v) is 9.23. The molecular weight excluding hydrogens is 403 g/mol. The van der Waals surface area contributed by atoms with Gasteiger partial charge in [0.1, 0.15) is 0 Å². The lowest BCUT2D eigenvalue weighted by atomic mass is 10.1. The van der Waals surface area contributed by atoms with Crippen LogP contribution in [-0.4, -0.2) is 20.6 Å². The summed E-state index contributed by atoms with van der Waals surface area (Å²) in [6.45, 7) is 0.160. The van der Waals surface area contributed by atoms with Gasteiger partial charge in [-0.05, 0) is 23.8 Å². The van der Waals surface area contributed by atoms with Gasteiger partial charge in [-0.3, -0.25) is 19.7 Å². The van der Waals surface area contributed by atoms with Crippen LogP contribution in [0.15, 0.2) is 77.6 Å². The van der Waals surface area contributed by atoms with Crippen LogP contribution in [0.2, 0.25) is 0 Å². The van der Waals surface area contributed by atoms with Crippen molar-refractivity contribution in [3.8, 4) is 0 Å². The fourth-order valence-corrected chi connectivity index (χ4v) is 3.19. The third kappa shape index (κ3) is 4.01. The van der Waals surface area contributed by atoms with Gasteiger partial charge in [0.15, 0.2) is 5.69 Å². The van der Waals surface area contributed by atoms with Gasteiger partial charge in [-0.1, -0.05) is 48.5 Å². The number of aromatic nitrogens is 2. The average Bonchev–Trinajstić information content (AvgIpc) is 2.77. The highest BCUT2D eigenvalue weighted by Crippen LogP contribution is 2.23. The molecule has 0 bridgehead atoms. The number of nitrogens with one attached hydrogen (secondary N) is 1. The van der Waals surface area contributed by atoms with Crippen molar-refractivity contribution in [3.05, 3.63) is 110 Å². The molecular formula is C22H15FN4O4. The van der Waals surface area contributed by atoms with Gasteiger partial charge in [-0.2, -0.15) is 9.49 Å². The molecule has 0 aliphatic carbocycles. The van der Waals surface area contributed by atoms with E-state index >= 15 is 0 Å². The molecule has 0 spiro atoms. The number of nitro benzene ring substituents is 1. The highest BCUT2D eigenvalue weighted by atomic mass is 19.1. The van der Waals surface area contributed by atoms with Crippen molar-refractivity contribution in [1.29, 1.82) is 0 Å². The van der Waals surface area contributed by atoms with E-state index in [9.17, 15) is 24.1 Å². The van der Waals surface area contributed by atoms with Crippen molar-refractivity contribution in [2.75, 3.05) is 5.32 Å². The molecule has 0 aliphatic rings. The van der Waals surface area contributed by atoms with E-state index in [4.69, 9.17) is 0 Å². The number of amides is 1. The molecule has 154 valence electrons. The molecule has 0 radical (unpaired) electrons. The summed E-state index contributed by atoms with van der Waals surface area (Å²) in [5.74, 6) is -1.69. The summed E-state index contributed by atoms with van der Waals surface area (Å²) in [4.78, 5) is 35.9. The molecule has 0 atom stereocenters. The van der Waals surface area contributed by atoms with Gasteiger partial charge in [0.05, 0.1) is 16.9 Å². The smallest absolute Gasteiger partial charge is 0.306 e. The number of nitro groups is 1. The van der Waals surface area contributed by atoms with Gasteiger partial charge < -0.3 is 5.32 Å². The minimum Gasteiger partial charge on any atom is -0.320 e. The minimum atomic E-state index is -1.01. The molecule has 0 fully saturated rings. The lowest BCUT2D eigenvalue weighted by molar-refractivity contribution is -0.387. The molecule has 9 heteroatoms. The monoisotopic (exact) mass is 418 g/mol. The molecule has 8 nitrogen and oxygen atoms in total. The molecule has 1 N–H and O–H groups in total. The Morgan fingerprint density at radius 2 is 1.71 bits per heavy atom. The van der Waals surface area contributed by atoms with Crippen molar-refractivity contribution in [3.63, 3.8) is 0 Å². The Labute approximate surface area is 174 Å². The second-order valence-electron chi connectivity index (χ2n) is 6.72. The minimum absolute atomic E-state index is 0.0295. The number of anilines is 1. The van der Waals surface area contributed by atoms with Crippen LogP contribution in [0.3, 0.4) is 0 Å². The summed E-state index contributed by atoms with van der Waals surface area (Å²) >= 11 is 0. The normalized spacial score (nSPS) is 10.7. The van der Waals surface area contributed by atoms with Crippen LogP contribution >= 0.6 is 0 Å². The van der Waals surface area contributed by atoms with E-state index in [0.29, 0.717) is 10.8 Å². The molecule has 0 saturated carbocycles. The fourth-order valence-electron chi connectivity index (χ4n) is 3.19. The first-order chi connectivity index (χ1) is 14.9. The summed E-state index contributed by atoms with van der Waals surface area (Å²) in [7, 11) is 0. The summed E-state index contributed by atoms with van der Waals surface area (Å²) in [5, 5.41) is 18.4. The Bertz CT molecular complexity index is 1370. The number of hydrogen-bond acceptors (Lipinski definition) is 5. The van der Waals surface area contributed by atoms with Gasteiger partial charge in [0, 0.05) is 17.1 Å². The Morgan fingerprint density at radius 3 is 2.42 bits per heavy atom. The van der Waals surface area contributed by atoms with Crippen molar-refractivity contribution < 1.29 is 14.1 Å². The molecule has 3 aromatic carbocycles. The number of halogens is 1. The molecule has 31 heavy (non-hydrogen) atoms. The maximum atomic E-state index is 13.6. The fraction of sp³-hybridized carbons (Fsp3) is 0.0455. The number of benzene rings is 3. The third-order valence-corrected chi connectivity index (χ3v) is 4.66. The SMILES string of the molecule is O=C(Nc1ccc(F)c([N+](=O)[O-])c1)c1nn(Cc2ccccc2)c(=O)c2ccccc12. The zero-order valence-corrected chi connectivity index (χ0v) is 16.0. The van der Waals surface area contributed by atoms with Crippen molar-refractivity contribution in [2.24, 2.45) is 0 Å². The van der Waals surface area contributed by atoms with Crippen LogP contribution in [0.4, 0.5) is 15.8 Å². The molecule has 4 rings (SSSR count). The molecule has 4 aromatic rings. The number of fused-ring (bicyclic) bond motifs is 1. The van der Waals surface area contributed by atoms with Crippen molar-refractivity contribution in [2.45, 2.75) is 6.54 Å². The molecule has 0 aliphatic heterocycles. The predicted octanol–water partition coefficient (Wildman–Crippen LogP) is 3.74. The van der Waals surface area contributed by atoms with Gasteiger partial charge >= 0.3 is 5.69 Å². The second-order valence-corrected chi connectivity index (χ2v) is 6.72. The van der Waals surface area contributed by atoms with Crippen LogP contribution in [0, 0.1) is 15.9 Å². The van der Waals surface area contributed by atoms with Crippen LogP contribution < -0.4 is 10.9 Å². The first kappa shape index (κ1) is 19.9. The van der Waals surface area contributed by atoms with E-state index in [1.807, 2.05) is 30.3 Å². The van der Waals surface area contributed by atoms with E-state index in [-0.39, 0.29) is 23.5 Å². The van der Waals surface area contributed by atoms with Crippen molar-refractivity contribution in [1.82, 2.24) is 9.78 Å². The number of rotatable bonds is 5. The number of hydrogen-bond donors (Lipinski definition) is 1. The van der Waals surface area contributed by atoms with Gasteiger partial charge in [0.2, 0.25) is 5.82 Å². The lowest BCUT2D eigenvalue weighted by Gasteiger charge is -2.11. The molecule has 1 amide bonds. The Balaban J connectivity index is 1.77. The highest BCUT2D eigenvalue weighted by Gasteiger charge is 2.19. The number of carbonyl (C=O) groups excluding carboxylic acids is 1. The largest absolute Gasteiger partial charge is 0.320 e. The Morgan fingerprint density at radius 1 is 1.03 bits per heavy atom. The van der Waals surface area contributed by atoms with Crippen molar-refractivity contribution >= 4 is 28.1 Å². The maximum Gasteiger partial charge on any atom is 0.306 e. The summed E-state index contributed by atoms with van der Waals surface area (Å²) < 4.78 is 14.8. The maximum absolute atomic E-state index is 13.6. The Hall–Kier alpha value is -4.40. The first-order valence-electron chi connectivity index (χ1n) is 9.23. The molecule has 0 unspecified atom stereocenters. The number of carbonyl (C=O) groups is 1. The highest BCUT2D eigenvalue weighted by molar-refractivity contribution is 6.11. The van der Waals surface area contributed by atoms with Gasteiger partial charge in [-0.25, -0.2) is 4.68 Å². The van der Waals surface area contributed by atoms with Crippen LogP contribution in [0.25, 0.3) is 10.8 Å². The average molecular weight is 418 g/mol. The Kier molecular flexibility index (Phi) is 5.23. The lowest BCUT2D eigenvalue weighted by Crippen LogP contribution is -2.28. The third-order valence-electron chi connectivity index (χ3n) is 4.66. The topological polar surface area (TPSA) is 107 Å². The van der Waals surface area contributed by atoms with E-state index in [0.717, 1.165) is 17.7 Å². The summed E-state index contributed by atoms with van der Waals surface area (Å²) in [5.41, 5.74) is -0.283. The molecule has 0 saturated heterocycles. The molecule has 1 heterocycles. The van der Waals surface area contributed by atoms with E-state index in [2.05, 4.69) is 10.4 Å². The number of nitrogens with zero attached hydrogens (tertiary/aromatic N) is 3. The van der Waals surface area contributed by atoms with Crippen LogP contribution in [0.1, 0.15) is 16.1 Å². The quantitative estimate of drug-likeness (QED) is 0.392. The standard InChI is InChI=1S/C22H15FN4O4/c23-18-11-10-15(12-19(18)27(30)31)24-21(28)20-16-8-4-5-9-17(16)22(29)26(25-20)13-14-6-2-1-3-7-14/h1-12H,13H2,(H,24,28). The van der Waals surface area contributed by atoms with Crippen LogP contribution in [0.5, 0.6) is 0 Å². The van der Waals surface area contributed by atoms with E-state index < -0.39 is 22.3 Å². The summed E-state index contributed by atoms with van der Waals surface area (Å²) in [6.07, 6.45) is 0.